The Labute approximate surface area is 163 Å². The van der Waals surface area contributed by atoms with Gasteiger partial charge in [-0.25, -0.2) is 27.5 Å². The van der Waals surface area contributed by atoms with Gasteiger partial charge in [0.2, 0.25) is 10.0 Å². The van der Waals surface area contributed by atoms with Crippen LogP contribution in [0.1, 0.15) is 25.7 Å². The molecule has 0 amide bonds. The first-order valence-corrected chi connectivity index (χ1v) is 10.9. The Balaban J connectivity index is 1.36. The molecule has 2 aliphatic rings. The minimum atomic E-state index is -3.27. The van der Waals surface area contributed by atoms with Crippen molar-refractivity contribution in [3.8, 4) is 17.1 Å². The van der Waals surface area contributed by atoms with Crippen molar-refractivity contribution in [1.29, 1.82) is 0 Å². The molecule has 1 saturated heterocycles. The highest BCUT2D eigenvalue weighted by atomic mass is 32.2. The lowest BCUT2D eigenvalue weighted by Crippen LogP contribution is -2.50. The SMILES string of the molecule is O=S(=O)(N[C@H]1CCCO[C@@H]1COc1ccc(-c2ncc(F)cn2)cc1)C1CC1. The molecule has 1 N–H and O–H groups in total. The molecule has 28 heavy (non-hydrogen) atoms. The summed E-state index contributed by atoms with van der Waals surface area (Å²) in [4.78, 5) is 7.90. The van der Waals surface area contributed by atoms with E-state index in [1.807, 2.05) is 0 Å². The number of benzene rings is 1. The Hall–Kier alpha value is -2.10. The second kappa shape index (κ2) is 8.10. The van der Waals surface area contributed by atoms with E-state index in [-0.39, 0.29) is 24.0 Å². The summed E-state index contributed by atoms with van der Waals surface area (Å²) in [5.41, 5.74) is 0.747. The van der Waals surface area contributed by atoms with Crippen LogP contribution in [0.4, 0.5) is 4.39 Å². The lowest BCUT2D eigenvalue weighted by molar-refractivity contribution is -0.0279. The van der Waals surface area contributed by atoms with Crippen molar-refractivity contribution in [2.45, 2.75) is 43.1 Å². The summed E-state index contributed by atoms with van der Waals surface area (Å²) in [6.07, 6.45) is 4.93. The Kier molecular flexibility index (Phi) is 5.56. The summed E-state index contributed by atoms with van der Waals surface area (Å²) in [7, 11) is -3.27. The van der Waals surface area contributed by atoms with Crippen molar-refractivity contribution in [3.63, 3.8) is 0 Å². The molecule has 1 aromatic carbocycles. The molecule has 1 aliphatic heterocycles. The zero-order valence-corrected chi connectivity index (χ0v) is 16.1. The molecule has 2 aromatic rings. The Bertz CT molecular complexity index is 902. The van der Waals surface area contributed by atoms with E-state index in [0.29, 0.717) is 18.2 Å². The standard InChI is InChI=1S/C19H22FN3O4S/c20-14-10-21-19(22-11-14)13-3-5-15(6-4-13)27-12-18-17(2-1-9-26-18)23-28(24,25)16-7-8-16/h3-6,10-11,16-18,23H,1-2,7-9,12H2/t17-,18+/m0/s1. The Morgan fingerprint density at radius 2 is 1.86 bits per heavy atom. The van der Waals surface area contributed by atoms with E-state index in [0.717, 1.165) is 43.6 Å². The fourth-order valence-electron chi connectivity index (χ4n) is 3.16. The predicted octanol–water partition coefficient (Wildman–Crippen LogP) is 2.29. The highest BCUT2D eigenvalue weighted by Gasteiger charge is 2.39. The van der Waals surface area contributed by atoms with E-state index < -0.39 is 15.8 Å². The van der Waals surface area contributed by atoms with Crippen LogP contribution in [0.3, 0.4) is 0 Å². The lowest BCUT2D eigenvalue weighted by atomic mass is 10.0. The zero-order valence-electron chi connectivity index (χ0n) is 15.3. The maximum atomic E-state index is 12.9. The molecule has 2 heterocycles. The van der Waals surface area contributed by atoms with Crippen LogP contribution in [-0.4, -0.2) is 49.0 Å². The van der Waals surface area contributed by atoms with Gasteiger partial charge < -0.3 is 9.47 Å². The van der Waals surface area contributed by atoms with E-state index in [1.165, 1.54) is 0 Å². The van der Waals surface area contributed by atoms with Gasteiger partial charge in [-0.3, -0.25) is 0 Å². The first-order valence-electron chi connectivity index (χ1n) is 9.35. The first kappa shape index (κ1) is 19.2. The maximum absolute atomic E-state index is 12.9. The van der Waals surface area contributed by atoms with Gasteiger partial charge in [-0.2, -0.15) is 0 Å². The fourth-order valence-corrected chi connectivity index (χ4v) is 4.81. The van der Waals surface area contributed by atoms with Gasteiger partial charge in [0.15, 0.2) is 11.6 Å². The smallest absolute Gasteiger partial charge is 0.214 e. The number of hydrogen-bond acceptors (Lipinski definition) is 6. The average molecular weight is 407 g/mol. The molecular formula is C19H22FN3O4S. The highest BCUT2D eigenvalue weighted by Crippen LogP contribution is 2.29. The largest absolute Gasteiger partial charge is 0.491 e. The van der Waals surface area contributed by atoms with Crippen LogP contribution in [-0.2, 0) is 14.8 Å². The number of halogens is 1. The minimum absolute atomic E-state index is 0.253. The average Bonchev–Trinajstić information content (AvgIpc) is 3.54. The third-order valence-electron chi connectivity index (χ3n) is 4.87. The van der Waals surface area contributed by atoms with Crippen molar-refractivity contribution >= 4 is 10.0 Å². The highest BCUT2D eigenvalue weighted by molar-refractivity contribution is 7.90. The number of sulfonamides is 1. The molecule has 0 bridgehead atoms. The minimum Gasteiger partial charge on any atom is -0.491 e. The summed E-state index contributed by atoms with van der Waals surface area (Å²) >= 11 is 0. The Morgan fingerprint density at radius 3 is 2.54 bits per heavy atom. The number of ether oxygens (including phenoxy) is 2. The van der Waals surface area contributed by atoms with Crippen LogP contribution in [0.25, 0.3) is 11.4 Å². The quantitative estimate of drug-likeness (QED) is 0.757. The van der Waals surface area contributed by atoms with Crippen LogP contribution in [0.15, 0.2) is 36.7 Å². The molecule has 9 heteroatoms. The van der Waals surface area contributed by atoms with Gasteiger partial charge in [0.05, 0.1) is 23.7 Å². The van der Waals surface area contributed by atoms with Crippen molar-refractivity contribution in [3.05, 3.63) is 42.5 Å². The molecule has 0 unspecified atom stereocenters. The number of nitrogens with one attached hydrogen (secondary N) is 1. The summed E-state index contributed by atoms with van der Waals surface area (Å²) in [5, 5.41) is -0.253. The van der Waals surface area contributed by atoms with E-state index in [2.05, 4.69) is 14.7 Å². The van der Waals surface area contributed by atoms with Gasteiger partial charge in [0.25, 0.3) is 0 Å². The van der Waals surface area contributed by atoms with Crippen molar-refractivity contribution < 1.29 is 22.3 Å². The van der Waals surface area contributed by atoms with Crippen LogP contribution >= 0.6 is 0 Å². The first-order chi connectivity index (χ1) is 13.5. The van der Waals surface area contributed by atoms with Gasteiger partial charge >= 0.3 is 0 Å². The normalized spacial score (nSPS) is 22.8. The lowest BCUT2D eigenvalue weighted by Gasteiger charge is -2.32. The van der Waals surface area contributed by atoms with Crippen LogP contribution in [0.5, 0.6) is 5.75 Å². The second-order valence-corrected chi connectivity index (χ2v) is 9.07. The molecule has 7 nitrogen and oxygen atoms in total. The van der Waals surface area contributed by atoms with E-state index in [4.69, 9.17) is 9.47 Å². The summed E-state index contributed by atoms with van der Waals surface area (Å²) in [6.45, 7) is 0.848. The van der Waals surface area contributed by atoms with Gasteiger partial charge in [-0.05, 0) is 49.9 Å². The maximum Gasteiger partial charge on any atom is 0.214 e. The van der Waals surface area contributed by atoms with Crippen LogP contribution in [0, 0.1) is 5.82 Å². The Morgan fingerprint density at radius 1 is 1.14 bits per heavy atom. The van der Waals surface area contributed by atoms with Crippen LogP contribution in [0.2, 0.25) is 0 Å². The molecule has 2 atom stereocenters. The molecular weight excluding hydrogens is 385 g/mol. The molecule has 2 fully saturated rings. The third-order valence-corrected chi connectivity index (χ3v) is 6.85. The molecule has 0 radical (unpaired) electrons. The van der Waals surface area contributed by atoms with E-state index >= 15 is 0 Å². The zero-order chi connectivity index (χ0) is 19.6. The number of hydrogen-bond donors (Lipinski definition) is 1. The summed E-state index contributed by atoms with van der Waals surface area (Å²) in [5.74, 6) is 0.574. The molecule has 0 spiro atoms. The monoisotopic (exact) mass is 407 g/mol. The van der Waals surface area contributed by atoms with E-state index in [1.54, 1.807) is 24.3 Å². The number of nitrogens with zero attached hydrogens (tertiary/aromatic N) is 2. The van der Waals surface area contributed by atoms with Gasteiger partial charge in [0, 0.05) is 12.2 Å². The molecule has 150 valence electrons. The summed E-state index contributed by atoms with van der Waals surface area (Å²) in [6, 6.07) is 6.85. The molecule has 1 aliphatic carbocycles. The van der Waals surface area contributed by atoms with Gasteiger partial charge in [-0.1, -0.05) is 0 Å². The van der Waals surface area contributed by atoms with Crippen molar-refractivity contribution in [1.82, 2.24) is 14.7 Å². The predicted molar refractivity (Wildman–Crippen MR) is 101 cm³/mol. The summed E-state index contributed by atoms with van der Waals surface area (Å²) < 4.78 is 51.8. The van der Waals surface area contributed by atoms with Gasteiger partial charge in [-0.15, -0.1) is 0 Å². The van der Waals surface area contributed by atoms with Crippen molar-refractivity contribution in [2.24, 2.45) is 0 Å². The van der Waals surface area contributed by atoms with Crippen molar-refractivity contribution in [2.75, 3.05) is 13.2 Å². The van der Waals surface area contributed by atoms with E-state index in [9.17, 15) is 12.8 Å². The fraction of sp³-hybridized carbons (Fsp3) is 0.474. The third kappa shape index (κ3) is 4.65. The molecule has 1 saturated carbocycles. The van der Waals surface area contributed by atoms with Gasteiger partial charge in [0.1, 0.15) is 18.5 Å². The number of rotatable bonds is 7. The molecule has 1 aromatic heterocycles. The second-order valence-electron chi connectivity index (χ2n) is 7.08. The topological polar surface area (TPSA) is 90.4 Å². The number of aromatic nitrogens is 2. The molecule has 4 rings (SSSR count). The van der Waals surface area contributed by atoms with Crippen LogP contribution < -0.4 is 9.46 Å².